The molecule has 0 fully saturated rings. The van der Waals surface area contributed by atoms with Gasteiger partial charge in [0.05, 0.1) is 4.92 Å². The molecule has 0 saturated heterocycles. The first-order valence-corrected chi connectivity index (χ1v) is 8.94. The predicted octanol–water partition coefficient (Wildman–Crippen LogP) is 5.67. The van der Waals surface area contributed by atoms with Crippen molar-refractivity contribution < 1.29 is 14.5 Å². The number of non-ortho nitro benzene ring substituents is 1. The maximum Gasteiger partial charge on any atom is 0.311 e. The van der Waals surface area contributed by atoms with Crippen molar-refractivity contribution in [1.29, 1.82) is 0 Å². The number of carbonyl (C=O) groups excluding carboxylic acids is 1. The standard InChI is InChI=1S/C19H29NO4/c1-16(2)10-8-6-4-3-5-7-9-11-19(21)24-18-14-12-17(13-15-18)20(22)23/h12-16H,3-11H2,1-2H3. The van der Waals surface area contributed by atoms with Gasteiger partial charge in [0, 0.05) is 18.6 Å². The summed E-state index contributed by atoms with van der Waals surface area (Å²) in [5.74, 6) is 0.878. The lowest BCUT2D eigenvalue weighted by Gasteiger charge is -2.05. The average Bonchev–Trinajstić information content (AvgIpc) is 2.53. The minimum Gasteiger partial charge on any atom is -0.427 e. The van der Waals surface area contributed by atoms with Crippen molar-refractivity contribution in [2.24, 2.45) is 5.92 Å². The number of unbranched alkanes of at least 4 members (excludes halogenated alkanes) is 6. The van der Waals surface area contributed by atoms with E-state index in [0.717, 1.165) is 25.2 Å². The molecule has 0 atom stereocenters. The number of esters is 1. The van der Waals surface area contributed by atoms with E-state index in [1.54, 1.807) is 0 Å². The van der Waals surface area contributed by atoms with Crippen molar-refractivity contribution in [3.8, 4) is 5.75 Å². The van der Waals surface area contributed by atoms with Gasteiger partial charge in [-0.1, -0.05) is 58.8 Å². The van der Waals surface area contributed by atoms with Crippen LogP contribution in [0, 0.1) is 16.0 Å². The zero-order valence-electron chi connectivity index (χ0n) is 14.8. The van der Waals surface area contributed by atoms with Crippen molar-refractivity contribution in [2.45, 2.75) is 71.6 Å². The molecule has 0 N–H and O–H groups in total. The predicted molar refractivity (Wildman–Crippen MR) is 95.1 cm³/mol. The fourth-order valence-electron chi connectivity index (χ4n) is 2.52. The van der Waals surface area contributed by atoms with Gasteiger partial charge in [0.25, 0.3) is 5.69 Å². The Morgan fingerprint density at radius 3 is 2.08 bits per heavy atom. The number of rotatable bonds is 12. The number of benzene rings is 1. The molecule has 1 rings (SSSR count). The molecule has 0 saturated carbocycles. The van der Waals surface area contributed by atoms with Crippen molar-refractivity contribution in [3.63, 3.8) is 0 Å². The van der Waals surface area contributed by atoms with E-state index in [0.29, 0.717) is 12.2 Å². The van der Waals surface area contributed by atoms with Crippen LogP contribution in [-0.2, 0) is 4.79 Å². The molecule has 0 spiro atoms. The van der Waals surface area contributed by atoms with Gasteiger partial charge in [0.1, 0.15) is 5.75 Å². The van der Waals surface area contributed by atoms with Crippen LogP contribution in [0.25, 0.3) is 0 Å². The largest absolute Gasteiger partial charge is 0.427 e. The van der Waals surface area contributed by atoms with E-state index < -0.39 is 4.92 Å². The first kappa shape index (κ1) is 20.1. The third kappa shape index (κ3) is 9.28. The van der Waals surface area contributed by atoms with Gasteiger partial charge in [-0.25, -0.2) is 0 Å². The lowest BCUT2D eigenvalue weighted by Crippen LogP contribution is -2.07. The SMILES string of the molecule is CC(C)CCCCCCCCCC(=O)Oc1ccc([N+](=O)[O-])cc1. The van der Waals surface area contributed by atoms with Crippen LogP contribution in [0.5, 0.6) is 5.75 Å². The third-order valence-corrected chi connectivity index (χ3v) is 3.94. The van der Waals surface area contributed by atoms with Gasteiger partial charge >= 0.3 is 5.97 Å². The van der Waals surface area contributed by atoms with Crippen LogP contribution in [0.15, 0.2) is 24.3 Å². The van der Waals surface area contributed by atoms with Crippen molar-refractivity contribution in [1.82, 2.24) is 0 Å². The molecule has 5 heteroatoms. The van der Waals surface area contributed by atoms with Crippen LogP contribution >= 0.6 is 0 Å². The van der Waals surface area contributed by atoms with Crippen LogP contribution in [0.2, 0.25) is 0 Å². The summed E-state index contributed by atoms with van der Waals surface area (Å²) in [4.78, 5) is 21.8. The van der Waals surface area contributed by atoms with Crippen molar-refractivity contribution in [3.05, 3.63) is 34.4 Å². The molecular formula is C19H29NO4. The van der Waals surface area contributed by atoms with Crippen LogP contribution in [0.4, 0.5) is 5.69 Å². The van der Waals surface area contributed by atoms with E-state index >= 15 is 0 Å². The summed E-state index contributed by atoms with van der Waals surface area (Å²) in [6, 6.07) is 5.57. The number of hydrogen-bond donors (Lipinski definition) is 0. The molecule has 0 aromatic heterocycles. The minimum absolute atomic E-state index is 0.0109. The number of nitro groups is 1. The number of ether oxygens (including phenoxy) is 1. The van der Waals surface area contributed by atoms with E-state index in [9.17, 15) is 14.9 Å². The molecular weight excluding hydrogens is 306 g/mol. The number of carbonyl (C=O) groups is 1. The number of hydrogen-bond acceptors (Lipinski definition) is 4. The molecule has 24 heavy (non-hydrogen) atoms. The van der Waals surface area contributed by atoms with Gasteiger partial charge < -0.3 is 4.74 Å². The maximum absolute atomic E-state index is 11.7. The van der Waals surface area contributed by atoms with Crippen LogP contribution < -0.4 is 4.74 Å². The second-order valence-electron chi connectivity index (χ2n) is 6.63. The van der Waals surface area contributed by atoms with Gasteiger partial charge in [0.15, 0.2) is 0 Å². The summed E-state index contributed by atoms with van der Waals surface area (Å²) in [7, 11) is 0. The van der Waals surface area contributed by atoms with E-state index in [1.165, 1.54) is 56.4 Å². The normalized spacial score (nSPS) is 10.8. The first-order valence-electron chi connectivity index (χ1n) is 8.94. The topological polar surface area (TPSA) is 69.4 Å². The summed E-state index contributed by atoms with van der Waals surface area (Å²) in [5, 5.41) is 10.5. The zero-order valence-corrected chi connectivity index (χ0v) is 14.8. The van der Waals surface area contributed by atoms with Gasteiger partial charge in [-0.2, -0.15) is 0 Å². The highest BCUT2D eigenvalue weighted by Crippen LogP contribution is 2.18. The fourth-order valence-corrected chi connectivity index (χ4v) is 2.52. The molecule has 0 bridgehead atoms. The van der Waals surface area contributed by atoms with E-state index in [-0.39, 0.29) is 11.7 Å². The summed E-state index contributed by atoms with van der Waals surface area (Å²) in [5.41, 5.74) is -0.0109. The van der Waals surface area contributed by atoms with Crippen LogP contribution in [-0.4, -0.2) is 10.9 Å². The monoisotopic (exact) mass is 335 g/mol. The Labute approximate surface area is 144 Å². The maximum atomic E-state index is 11.7. The Bertz CT molecular complexity index is 497. The molecule has 0 radical (unpaired) electrons. The second kappa shape index (κ2) is 11.6. The third-order valence-electron chi connectivity index (χ3n) is 3.94. The molecule has 0 aliphatic heterocycles. The van der Waals surface area contributed by atoms with E-state index in [4.69, 9.17) is 4.74 Å². The van der Waals surface area contributed by atoms with Crippen molar-refractivity contribution in [2.75, 3.05) is 0 Å². The van der Waals surface area contributed by atoms with Gasteiger partial charge in [-0.3, -0.25) is 14.9 Å². The first-order chi connectivity index (χ1) is 11.5. The Morgan fingerprint density at radius 2 is 1.54 bits per heavy atom. The van der Waals surface area contributed by atoms with E-state index in [1.807, 2.05) is 0 Å². The highest BCUT2D eigenvalue weighted by Gasteiger charge is 2.08. The van der Waals surface area contributed by atoms with Crippen molar-refractivity contribution >= 4 is 11.7 Å². The smallest absolute Gasteiger partial charge is 0.311 e. The number of nitrogens with zero attached hydrogens (tertiary/aromatic N) is 1. The molecule has 134 valence electrons. The Morgan fingerprint density at radius 1 is 1.00 bits per heavy atom. The summed E-state index contributed by atoms with van der Waals surface area (Å²) in [6.45, 7) is 4.52. The lowest BCUT2D eigenvalue weighted by molar-refractivity contribution is -0.384. The molecule has 1 aromatic carbocycles. The van der Waals surface area contributed by atoms with Crippen LogP contribution in [0.3, 0.4) is 0 Å². The molecule has 1 aromatic rings. The number of nitro benzene ring substituents is 1. The Balaban J connectivity index is 2.05. The summed E-state index contributed by atoms with van der Waals surface area (Å²) >= 11 is 0. The minimum atomic E-state index is -0.478. The van der Waals surface area contributed by atoms with Gasteiger partial charge in [-0.05, 0) is 24.5 Å². The Hall–Kier alpha value is -1.91. The quantitative estimate of drug-likeness (QED) is 0.162. The molecule has 0 aliphatic carbocycles. The van der Waals surface area contributed by atoms with Crippen LogP contribution in [0.1, 0.15) is 71.6 Å². The van der Waals surface area contributed by atoms with E-state index in [2.05, 4.69) is 13.8 Å². The summed E-state index contributed by atoms with van der Waals surface area (Å²) < 4.78 is 5.17. The summed E-state index contributed by atoms with van der Waals surface area (Å²) in [6.07, 6.45) is 9.87. The average molecular weight is 335 g/mol. The highest BCUT2D eigenvalue weighted by atomic mass is 16.6. The van der Waals surface area contributed by atoms with Gasteiger partial charge in [0.2, 0.25) is 0 Å². The fraction of sp³-hybridized carbons (Fsp3) is 0.632. The Kier molecular flexibility index (Phi) is 9.73. The molecule has 0 unspecified atom stereocenters. The zero-order chi connectivity index (χ0) is 17.8. The molecule has 0 aliphatic rings. The molecule has 5 nitrogen and oxygen atoms in total. The highest BCUT2D eigenvalue weighted by molar-refractivity contribution is 5.72. The molecule has 0 heterocycles. The lowest BCUT2D eigenvalue weighted by atomic mass is 10.0. The van der Waals surface area contributed by atoms with Gasteiger partial charge in [-0.15, -0.1) is 0 Å². The molecule has 0 amide bonds. The second-order valence-corrected chi connectivity index (χ2v) is 6.63.